The summed E-state index contributed by atoms with van der Waals surface area (Å²) in [5.41, 5.74) is 1.69. The Kier molecular flexibility index (Phi) is 5.36. The molecule has 0 fully saturated rings. The van der Waals surface area contributed by atoms with Crippen LogP contribution in [0.25, 0.3) is 0 Å². The third-order valence-electron chi connectivity index (χ3n) is 3.01. The molecule has 1 N–H and O–H groups in total. The van der Waals surface area contributed by atoms with E-state index in [1.807, 2.05) is 25.1 Å². The molecule has 0 aliphatic heterocycles. The number of nitrogens with zero attached hydrogens (tertiary/aromatic N) is 1. The topological polar surface area (TPSA) is 57.6 Å². The molecule has 19 heavy (non-hydrogen) atoms. The number of hydrogen-bond acceptors (Lipinski definition) is 2. The number of carbonyl (C=O) groups excluding carboxylic acids is 1. The lowest BCUT2D eigenvalue weighted by Crippen LogP contribution is -2.34. The Balaban J connectivity index is 2.69. The van der Waals surface area contributed by atoms with Gasteiger partial charge >= 0.3 is 5.97 Å². The first-order valence-corrected chi connectivity index (χ1v) is 6.41. The van der Waals surface area contributed by atoms with E-state index in [4.69, 9.17) is 16.7 Å². The normalized spacial score (nSPS) is 12.0. The number of carboxylic acid groups (broad SMARTS) is 1. The monoisotopic (exact) mass is 283 g/mol. The second kappa shape index (κ2) is 6.57. The van der Waals surface area contributed by atoms with Gasteiger partial charge in [0.1, 0.15) is 0 Å². The van der Waals surface area contributed by atoms with Crippen molar-refractivity contribution in [1.82, 2.24) is 4.90 Å². The van der Waals surface area contributed by atoms with Gasteiger partial charge in [-0.1, -0.05) is 36.7 Å². The Morgan fingerprint density at radius 2 is 2.05 bits per heavy atom. The number of halogens is 1. The van der Waals surface area contributed by atoms with E-state index in [1.165, 1.54) is 4.90 Å². The number of hydrogen-bond donors (Lipinski definition) is 1. The van der Waals surface area contributed by atoms with Crippen LogP contribution in [0.3, 0.4) is 0 Å². The number of carbonyl (C=O) groups is 2. The highest BCUT2D eigenvalue weighted by Crippen LogP contribution is 2.21. The summed E-state index contributed by atoms with van der Waals surface area (Å²) in [6.45, 7) is 3.65. The molecule has 0 saturated heterocycles. The Bertz CT molecular complexity index is 488. The molecule has 1 aromatic rings. The van der Waals surface area contributed by atoms with E-state index in [-0.39, 0.29) is 18.9 Å². The summed E-state index contributed by atoms with van der Waals surface area (Å²) >= 11 is 6.13. The van der Waals surface area contributed by atoms with E-state index in [0.717, 1.165) is 11.1 Å². The van der Waals surface area contributed by atoms with Crippen molar-refractivity contribution in [2.24, 2.45) is 5.92 Å². The van der Waals surface area contributed by atoms with Crippen molar-refractivity contribution in [1.29, 1.82) is 0 Å². The molecule has 0 aliphatic carbocycles. The highest BCUT2D eigenvalue weighted by molar-refractivity contribution is 6.32. The molecular formula is C14H18ClNO3. The van der Waals surface area contributed by atoms with E-state index in [1.54, 1.807) is 14.0 Å². The molecular weight excluding hydrogens is 266 g/mol. The minimum Gasteiger partial charge on any atom is -0.481 e. The van der Waals surface area contributed by atoms with Gasteiger partial charge in [-0.3, -0.25) is 9.59 Å². The molecule has 4 nitrogen and oxygen atoms in total. The molecule has 0 spiro atoms. The predicted molar refractivity (Wildman–Crippen MR) is 74.3 cm³/mol. The summed E-state index contributed by atoms with van der Waals surface area (Å²) in [5.74, 6) is -1.63. The van der Waals surface area contributed by atoms with E-state index in [9.17, 15) is 9.59 Å². The number of benzene rings is 1. The van der Waals surface area contributed by atoms with Gasteiger partial charge in [0.2, 0.25) is 5.91 Å². The highest BCUT2D eigenvalue weighted by atomic mass is 35.5. The van der Waals surface area contributed by atoms with Crippen LogP contribution in [0.15, 0.2) is 18.2 Å². The zero-order valence-corrected chi connectivity index (χ0v) is 12.1. The van der Waals surface area contributed by atoms with Crippen LogP contribution in [0.2, 0.25) is 5.02 Å². The quantitative estimate of drug-likeness (QED) is 0.902. The van der Waals surface area contributed by atoms with Gasteiger partial charge in [-0.05, 0) is 18.1 Å². The Hall–Kier alpha value is -1.55. The van der Waals surface area contributed by atoms with Crippen molar-refractivity contribution < 1.29 is 14.7 Å². The van der Waals surface area contributed by atoms with Crippen LogP contribution in [-0.2, 0) is 16.0 Å². The fraction of sp³-hybridized carbons (Fsp3) is 0.429. The van der Waals surface area contributed by atoms with Crippen molar-refractivity contribution in [2.45, 2.75) is 20.3 Å². The van der Waals surface area contributed by atoms with E-state index < -0.39 is 11.9 Å². The van der Waals surface area contributed by atoms with Gasteiger partial charge in [0.25, 0.3) is 0 Å². The van der Waals surface area contributed by atoms with Crippen LogP contribution in [0.4, 0.5) is 0 Å². The number of aryl methyl sites for hydroxylation is 1. The molecule has 1 rings (SSSR count). The summed E-state index contributed by atoms with van der Waals surface area (Å²) in [7, 11) is 1.60. The van der Waals surface area contributed by atoms with Crippen molar-refractivity contribution >= 4 is 23.5 Å². The van der Waals surface area contributed by atoms with Crippen LogP contribution in [-0.4, -0.2) is 35.5 Å². The zero-order valence-electron chi connectivity index (χ0n) is 11.3. The predicted octanol–water partition coefficient (Wildman–Crippen LogP) is 2.37. The molecule has 1 aromatic carbocycles. The standard InChI is InChI=1S/C14H18ClNO3/c1-9-5-4-6-11(13(9)15)7-12(17)16(3)8-10(2)14(18)19/h4-6,10H,7-8H2,1-3H3,(H,18,19). The first-order chi connectivity index (χ1) is 8.82. The SMILES string of the molecule is Cc1cccc(CC(=O)N(C)CC(C)C(=O)O)c1Cl. The largest absolute Gasteiger partial charge is 0.481 e. The van der Waals surface area contributed by atoms with E-state index in [0.29, 0.717) is 5.02 Å². The third-order valence-corrected chi connectivity index (χ3v) is 3.55. The number of rotatable bonds is 5. The summed E-state index contributed by atoms with van der Waals surface area (Å²) in [6, 6.07) is 5.54. The maximum absolute atomic E-state index is 12.0. The first kappa shape index (κ1) is 15.5. The molecule has 0 aromatic heterocycles. The van der Waals surface area contributed by atoms with Crippen LogP contribution < -0.4 is 0 Å². The maximum atomic E-state index is 12.0. The summed E-state index contributed by atoms with van der Waals surface area (Å²) in [4.78, 5) is 24.2. The molecule has 1 amide bonds. The highest BCUT2D eigenvalue weighted by Gasteiger charge is 2.18. The van der Waals surface area contributed by atoms with Crippen molar-refractivity contribution in [3.8, 4) is 0 Å². The van der Waals surface area contributed by atoms with E-state index in [2.05, 4.69) is 0 Å². The Morgan fingerprint density at radius 1 is 1.42 bits per heavy atom. The van der Waals surface area contributed by atoms with Gasteiger partial charge in [0.05, 0.1) is 12.3 Å². The summed E-state index contributed by atoms with van der Waals surface area (Å²) in [5, 5.41) is 9.42. The van der Waals surface area contributed by atoms with Crippen LogP contribution in [0.5, 0.6) is 0 Å². The third kappa shape index (κ3) is 4.24. The lowest BCUT2D eigenvalue weighted by Gasteiger charge is -2.20. The molecule has 0 bridgehead atoms. The van der Waals surface area contributed by atoms with Gasteiger partial charge in [-0.25, -0.2) is 0 Å². The number of carboxylic acids is 1. The molecule has 104 valence electrons. The molecule has 1 unspecified atom stereocenters. The summed E-state index contributed by atoms with van der Waals surface area (Å²) < 4.78 is 0. The lowest BCUT2D eigenvalue weighted by atomic mass is 10.1. The second-order valence-corrected chi connectivity index (χ2v) is 5.12. The number of amides is 1. The fourth-order valence-electron chi connectivity index (χ4n) is 1.73. The number of likely N-dealkylation sites (N-methyl/N-ethyl adjacent to an activating group) is 1. The van der Waals surface area contributed by atoms with Crippen molar-refractivity contribution in [3.05, 3.63) is 34.3 Å². The van der Waals surface area contributed by atoms with E-state index >= 15 is 0 Å². The zero-order chi connectivity index (χ0) is 14.6. The molecule has 0 saturated carbocycles. The van der Waals surface area contributed by atoms with Gasteiger partial charge in [0, 0.05) is 18.6 Å². The van der Waals surface area contributed by atoms with Gasteiger partial charge < -0.3 is 10.0 Å². The second-order valence-electron chi connectivity index (χ2n) is 4.74. The fourth-order valence-corrected chi connectivity index (χ4v) is 1.93. The van der Waals surface area contributed by atoms with Crippen LogP contribution in [0, 0.1) is 12.8 Å². The molecule has 0 aliphatic rings. The number of aliphatic carboxylic acids is 1. The van der Waals surface area contributed by atoms with Gasteiger partial charge in [-0.2, -0.15) is 0 Å². The average Bonchev–Trinajstić information content (AvgIpc) is 2.34. The lowest BCUT2D eigenvalue weighted by molar-refractivity contribution is -0.142. The first-order valence-electron chi connectivity index (χ1n) is 6.03. The minimum atomic E-state index is -0.909. The molecule has 1 atom stereocenters. The van der Waals surface area contributed by atoms with Crippen LogP contribution in [0.1, 0.15) is 18.1 Å². The van der Waals surface area contributed by atoms with Gasteiger partial charge in [0.15, 0.2) is 0 Å². The van der Waals surface area contributed by atoms with Crippen LogP contribution >= 0.6 is 11.6 Å². The Morgan fingerprint density at radius 3 is 2.63 bits per heavy atom. The average molecular weight is 284 g/mol. The summed E-state index contributed by atoms with van der Waals surface area (Å²) in [6.07, 6.45) is 0.184. The van der Waals surface area contributed by atoms with Crippen molar-refractivity contribution in [2.75, 3.05) is 13.6 Å². The Labute approximate surface area is 118 Å². The maximum Gasteiger partial charge on any atom is 0.308 e. The van der Waals surface area contributed by atoms with Gasteiger partial charge in [-0.15, -0.1) is 0 Å². The molecule has 0 radical (unpaired) electrons. The minimum absolute atomic E-state index is 0.138. The molecule has 0 heterocycles. The molecule has 5 heteroatoms. The smallest absolute Gasteiger partial charge is 0.308 e. The van der Waals surface area contributed by atoms with Crippen molar-refractivity contribution in [3.63, 3.8) is 0 Å².